The molecule has 6 nitrogen and oxygen atoms in total. The van der Waals surface area contributed by atoms with Crippen LogP contribution in [0.1, 0.15) is 10.4 Å². The molecule has 2 aromatic carbocycles. The summed E-state index contributed by atoms with van der Waals surface area (Å²) in [6.45, 7) is 0. The van der Waals surface area contributed by atoms with Crippen LogP contribution in [0, 0.1) is 0 Å². The molecule has 0 bridgehead atoms. The smallest absolute Gasteiger partial charge is 0.255 e. The first kappa shape index (κ1) is 18.5. The number of hydrogen-bond acceptors (Lipinski definition) is 4. The van der Waals surface area contributed by atoms with Crippen molar-refractivity contribution in [1.82, 2.24) is 4.72 Å². The average Bonchev–Trinajstić information content (AvgIpc) is 2.57. The van der Waals surface area contributed by atoms with Crippen LogP contribution >= 0.6 is 23.2 Å². The Kier molecular flexibility index (Phi) is 5.71. The van der Waals surface area contributed by atoms with Crippen LogP contribution in [0.3, 0.4) is 0 Å². The molecule has 0 saturated carbocycles. The zero-order valence-electron chi connectivity index (χ0n) is 12.8. The number of ether oxygens (including phenoxy) is 1. The van der Waals surface area contributed by atoms with E-state index in [2.05, 4.69) is 10.0 Å². The molecule has 0 aliphatic heterocycles. The van der Waals surface area contributed by atoms with Crippen LogP contribution in [0.4, 0.5) is 5.69 Å². The third kappa shape index (κ3) is 3.99. The van der Waals surface area contributed by atoms with Gasteiger partial charge in [0, 0.05) is 10.6 Å². The van der Waals surface area contributed by atoms with Gasteiger partial charge in [-0.2, -0.15) is 0 Å². The second-order valence-corrected chi connectivity index (χ2v) is 7.35. The van der Waals surface area contributed by atoms with Crippen LogP contribution < -0.4 is 14.8 Å². The molecule has 1 amide bonds. The van der Waals surface area contributed by atoms with Crippen LogP contribution in [0.25, 0.3) is 0 Å². The summed E-state index contributed by atoms with van der Waals surface area (Å²) in [5.74, 6) is -0.406. The second-order valence-electron chi connectivity index (χ2n) is 4.65. The minimum absolute atomic E-state index is 0.126. The molecule has 128 valence electrons. The van der Waals surface area contributed by atoms with Gasteiger partial charge < -0.3 is 10.1 Å². The summed E-state index contributed by atoms with van der Waals surface area (Å²) < 4.78 is 31.3. The normalized spacial score (nSPS) is 11.2. The summed E-state index contributed by atoms with van der Waals surface area (Å²) >= 11 is 11.9. The zero-order valence-corrected chi connectivity index (χ0v) is 15.1. The van der Waals surface area contributed by atoms with Gasteiger partial charge in [0.25, 0.3) is 5.91 Å². The third-order valence-corrected chi connectivity index (χ3v) is 5.16. The number of rotatable bonds is 5. The maximum Gasteiger partial charge on any atom is 0.255 e. The Hall–Kier alpha value is -1.80. The molecular formula is C15H14Cl2N2O4S. The number of nitrogens with one attached hydrogen (secondary N) is 2. The van der Waals surface area contributed by atoms with E-state index < -0.39 is 15.9 Å². The lowest BCUT2D eigenvalue weighted by Crippen LogP contribution is -2.20. The van der Waals surface area contributed by atoms with Crippen molar-refractivity contribution in [3.8, 4) is 5.75 Å². The largest absolute Gasteiger partial charge is 0.495 e. The summed E-state index contributed by atoms with van der Waals surface area (Å²) in [7, 11) is -1.17. The van der Waals surface area contributed by atoms with Gasteiger partial charge in [0.15, 0.2) is 0 Å². The summed E-state index contributed by atoms with van der Waals surface area (Å²) in [5.41, 5.74) is 0.448. The van der Waals surface area contributed by atoms with Crippen molar-refractivity contribution in [3.05, 3.63) is 52.0 Å². The van der Waals surface area contributed by atoms with E-state index >= 15 is 0 Å². The van der Waals surface area contributed by atoms with E-state index in [-0.39, 0.29) is 16.2 Å². The highest BCUT2D eigenvalue weighted by molar-refractivity contribution is 7.89. The topological polar surface area (TPSA) is 84.5 Å². The van der Waals surface area contributed by atoms with Crippen molar-refractivity contribution >= 4 is 44.8 Å². The highest BCUT2D eigenvalue weighted by Crippen LogP contribution is 2.28. The highest BCUT2D eigenvalue weighted by atomic mass is 35.5. The van der Waals surface area contributed by atoms with E-state index in [9.17, 15) is 13.2 Å². The Balaban J connectivity index is 2.40. The standard InChI is InChI=1S/C15H14Cl2N2O4S/c1-18-24(21,22)14-7-9(3-6-13(14)23-2)15(20)19-12-8-10(16)4-5-11(12)17/h3-8,18H,1-2H3,(H,19,20). The number of sulfonamides is 1. The van der Waals surface area contributed by atoms with Crippen molar-refractivity contribution in [3.63, 3.8) is 0 Å². The molecule has 0 atom stereocenters. The number of hydrogen-bond donors (Lipinski definition) is 2. The number of anilines is 1. The van der Waals surface area contributed by atoms with E-state index in [4.69, 9.17) is 27.9 Å². The second kappa shape index (κ2) is 7.40. The van der Waals surface area contributed by atoms with E-state index in [1.165, 1.54) is 38.4 Å². The molecule has 0 heterocycles. The molecule has 0 unspecified atom stereocenters. The predicted molar refractivity (Wildman–Crippen MR) is 93.7 cm³/mol. The molecule has 0 aromatic heterocycles. The van der Waals surface area contributed by atoms with E-state index in [0.29, 0.717) is 15.7 Å². The van der Waals surface area contributed by atoms with Gasteiger partial charge in [-0.1, -0.05) is 23.2 Å². The Morgan fingerprint density at radius 1 is 1.12 bits per heavy atom. The van der Waals surface area contributed by atoms with Gasteiger partial charge in [-0.05, 0) is 43.4 Å². The van der Waals surface area contributed by atoms with Crippen LogP contribution in [-0.4, -0.2) is 28.5 Å². The molecule has 0 aliphatic carbocycles. The van der Waals surface area contributed by atoms with E-state index in [1.807, 2.05) is 0 Å². The third-order valence-electron chi connectivity index (χ3n) is 3.16. The van der Waals surface area contributed by atoms with Gasteiger partial charge in [0.1, 0.15) is 10.6 Å². The number of amides is 1. The fourth-order valence-electron chi connectivity index (χ4n) is 1.93. The Labute approximate surface area is 149 Å². The van der Waals surface area contributed by atoms with Crippen molar-refractivity contribution in [1.29, 1.82) is 0 Å². The van der Waals surface area contributed by atoms with Crippen molar-refractivity contribution < 1.29 is 17.9 Å². The maximum atomic E-state index is 12.4. The number of carbonyl (C=O) groups excluding carboxylic acids is 1. The molecule has 0 spiro atoms. The predicted octanol–water partition coefficient (Wildman–Crippen LogP) is 3.16. The van der Waals surface area contributed by atoms with Gasteiger partial charge in [-0.25, -0.2) is 13.1 Å². The van der Waals surface area contributed by atoms with Gasteiger partial charge in [0.05, 0.1) is 17.8 Å². The van der Waals surface area contributed by atoms with E-state index in [1.54, 1.807) is 12.1 Å². The first-order chi connectivity index (χ1) is 11.3. The summed E-state index contributed by atoms with van der Waals surface area (Å²) in [6.07, 6.45) is 0. The molecule has 0 fully saturated rings. The number of carbonyl (C=O) groups is 1. The molecule has 24 heavy (non-hydrogen) atoms. The quantitative estimate of drug-likeness (QED) is 0.823. The first-order valence-corrected chi connectivity index (χ1v) is 8.90. The Morgan fingerprint density at radius 2 is 1.83 bits per heavy atom. The zero-order chi connectivity index (χ0) is 17.9. The first-order valence-electron chi connectivity index (χ1n) is 6.66. The molecule has 0 saturated heterocycles. The van der Waals surface area contributed by atoms with Crippen molar-refractivity contribution in [2.45, 2.75) is 4.90 Å². The molecule has 0 radical (unpaired) electrons. The number of benzene rings is 2. The van der Waals surface area contributed by atoms with Gasteiger partial charge in [0.2, 0.25) is 10.0 Å². The minimum atomic E-state index is -3.79. The SMILES string of the molecule is CNS(=O)(=O)c1cc(C(=O)Nc2cc(Cl)ccc2Cl)ccc1OC. The summed E-state index contributed by atoms with van der Waals surface area (Å²) in [4.78, 5) is 12.2. The fourth-order valence-corrected chi connectivity index (χ4v) is 3.18. The Morgan fingerprint density at radius 3 is 2.46 bits per heavy atom. The highest BCUT2D eigenvalue weighted by Gasteiger charge is 2.20. The monoisotopic (exact) mass is 388 g/mol. The lowest BCUT2D eigenvalue weighted by atomic mass is 10.2. The van der Waals surface area contributed by atoms with Crippen molar-refractivity contribution in [2.75, 3.05) is 19.5 Å². The molecule has 2 aromatic rings. The van der Waals surface area contributed by atoms with Crippen LogP contribution in [0.2, 0.25) is 10.0 Å². The lowest BCUT2D eigenvalue weighted by Gasteiger charge is -2.12. The summed E-state index contributed by atoms with van der Waals surface area (Å²) in [5, 5.41) is 3.31. The molecule has 0 aliphatic rings. The van der Waals surface area contributed by atoms with Gasteiger partial charge in [-0.15, -0.1) is 0 Å². The Bertz CT molecular complexity index is 885. The lowest BCUT2D eigenvalue weighted by molar-refractivity contribution is 0.102. The molecule has 9 heteroatoms. The number of methoxy groups -OCH3 is 1. The maximum absolute atomic E-state index is 12.4. The van der Waals surface area contributed by atoms with E-state index in [0.717, 1.165) is 0 Å². The summed E-state index contributed by atoms with van der Waals surface area (Å²) in [6, 6.07) is 8.70. The molecule has 2 rings (SSSR count). The van der Waals surface area contributed by atoms with Gasteiger partial charge >= 0.3 is 0 Å². The molecular weight excluding hydrogens is 375 g/mol. The van der Waals surface area contributed by atoms with Gasteiger partial charge in [-0.3, -0.25) is 4.79 Å². The van der Waals surface area contributed by atoms with Crippen LogP contribution in [-0.2, 0) is 10.0 Å². The van der Waals surface area contributed by atoms with Crippen LogP contribution in [0.15, 0.2) is 41.3 Å². The number of halogens is 2. The molecule has 2 N–H and O–H groups in total. The van der Waals surface area contributed by atoms with Crippen LogP contribution in [0.5, 0.6) is 5.75 Å². The minimum Gasteiger partial charge on any atom is -0.495 e. The van der Waals surface area contributed by atoms with Crippen molar-refractivity contribution in [2.24, 2.45) is 0 Å². The fraction of sp³-hybridized carbons (Fsp3) is 0.133. The average molecular weight is 389 g/mol.